The quantitative estimate of drug-likeness (QED) is 0.879. The maximum Gasteiger partial charge on any atom is 0.0386 e. The third-order valence-electron chi connectivity index (χ3n) is 3.79. The summed E-state index contributed by atoms with van der Waals surface area (Å²) < 4.78 is 0. The van der Waals surface area contributed by atoms with Gasteiger partial charge in [0.25, 0.3) is 0 Å². The minimum Gasteiger partial charge on any atom is -0.308 e. The lowest BCUT2D eigenvalue weighted by Gasteiger charge is -2.35. The molecule has 2 heterocycles. The molecule has 3 unspecified atom stereocenters. The molecule has 3 heteroatoms. The lowest BCUT2D eigenvalue weighted by molar-refractivity contribution is 0.141. The largest absolute Gasteiger partial charge is 0.308 e. The van der Waals surface area contributed by atoms with Gasteiger partial charge >= 0.3 is 0 Å². The van der Waals surface area contributed by atoms with Crippen molar-refractivity contribution in [3.8, 4) is 0 Å². The summed E-state index contributed by atoms with van der Waals surface area (Å²) in [5.41, 5.74) is 0. The Bertz CT molecular complexity index is 326. The van der Waals surface area contributed by atoms with Crippen LogP contribution in [0.2, 0.25) is 0 Å². The van der Waals surface area contributed by atoms with Crippen molar-refractivity contribution < 1.29 is 0 Å². The molecule has 1 aromatic heterocycles. The molecule has 0 bridgehead atoms. The van der Waals surface area contributed by atoms with Gasteiger partial charge in [-0.1, -0.05) is 19.9 Å². The minimum absolute atomic E-state index is 0.490. The third-order valence-corrected chi connectivity index (χ3v) is 4.85. The van der Waals surface area contributed by atoms with Crippen molar-refractivity contribution in [3.63, 3.8) is 0 Å². The van der Waals surface area contributed by atoms with E-state index >= 15 is 0 Å². The van der Waals surface area contributed by atoms with Crippen molar-refractivity contribution >= 4 is 11.3 Å². The van der Waals surface area contributed by atoms with E-state index in [2.05, 4.69) is 48.5 Å². The Balaban J connectivity index is 1.69. The first kappa shape index (κ1) is 14.0. The molecule has 0 saturated carbocycles. The number of nitrogens with zero attached hydrogens (tertiary/aromatic N) is 1. The van der Waals surface area contributed by atoms with Crippen molar-refractivity contribution in [2.75, 3.05) is 26.2 Å². The summed E-state index contributed by atoms with van der Waals surface area (Å²) in [4.78, 5) is 4.06. The van der Waals surface area contributed by atoms with Crippen LogP contribution >= 0.6 is 11.3 Å². The maximum atomic E-state index is 3.63. The zero-order valence-corrected chi connectivity index (χ0v) is 12.7. The fourth-order valence-corrected chi connectivity index (χ4v) is 3.81. The summed E-state index contributed by atoms with van der Waals surface area (Å²) in [7, 11) is 0. The first-order valence-corrected chi connectivity index (χ1v) is 8.02. The molecule has 1 aliphatic rings. The number of nitrogens with one attached hydrogen (secondary N) is 1. The number of hydrogen-bond donors (Lipinski definition) is 1. The molecular weight excluding hydrogens is 240 g/mol. The van der Waals surface area contributed by atoms with Crippen molar-refractivity contribution in [2.24, 2.45) is 11.8 Å². The second kappa shape index (κ2) is 6.69. The Hall–Kier alpha value is -0.380. The molecule has 3 atom stereocenters. The van der Waals surface area contributed by atoms with Gasteiger partial charge in [0.15, 0.2) is 0 Å². The highest BCUT2D eigenvalue weighted by Gasteiger charge is 2.21. The highest BCUT2D eigenvalue weighted by molar-refractivity contribution is 7.10. The predicted molar refractivity (Wildman–Crippen MR) is 80.1 cm³/mol. The van der Waals surface area contributed by atoms with Gasteiger partial charge in [0.2, 0.25) is 0 Å². The maximum absolute atomic E-state index is 3.63. The monoisotopic (exact) mass is 266 g/mol. The van der Waals surface area contributed by atoms with Crippen LogP contribution in [-0.2, 0) is 0 Å². The van der Waals surface area contributed by atoms with E-state index in [1.807, 2.05) is 11.3 Å². The summed E-state index contributed by atoms with van der Waals surface area (Å²) in [5.74, 6) is 1.73. The molecule has 18 heavy (non-hydrogen) atoms. The second-order valence-corrected chi connectivity index (χ2v) is 6.88. The lowest BCUT2D eigenvalue weighted by atomic mass is 9.92. The smallest absolute Gasteiger partial charge is 0.0386 e. The Morgan fingerprint density at radius 2 is 2.11 bits per heavy atom. The SMILES string of the molecule is CC1CC(C)CN(CCNC(C)c2cccs2)C1. The van der Waals surface area contributed by atoms with E-state index in [1.54, 1.807) is 0 Å². The zero-order valence-electron chi connectivity index (χ0n) is 11.9. The van der Waals surface area contributed by atoms with Gasteiger partial charge in [-0.05, 0) is 36.6 Å². The minimum atomic E-state index is 0.490. The molecule has 0 aromatic carbocycles. The van der Waals surface area contributed by atoms with Gasteiger partial charge in [-0.2, -0.15) is 0 Å². The zero-order chi connectivity index (χ0) is 13.0. The molecule has 0 aliphatic carbocycles. The standard InChI is InChI=1S/C15H26N2S/c1-12-9-13(2)11-17(10-12)7-6-16-14(3)15-5-4-8-18-15/h4-5,8,12-14,16H,6-7,9-11H2,1-3H3. The van der Waals surface area contributed by atoms with E-state index in [9.17, 15) is 0 Å². The van der Waals surface area contributed by atoms with E-state index in [0.717, 1.165) is 18.4 Å². The number of thiophene rings is 1. The van der Waals surface area contributed by atoms with Gasteiger partial charge in [-0.25, -0.2) is 0 Å². The Morgan fingerprint density at radius 1 is 1.39 bits per heavy atom. The molecule has 0 radical (unpaired) electrons. The topological polar surface area (TPSA) is 15.3 Å². The van der Waals surface area contributed by atoms with Crippen molar-refractivity contribution in [3.05, 3.63) is 22.4 Å². The molecule has 2 nitrogen and oxygen atoms in total. The highest BCUT2D eigenvalue weighted by atomic mass is 32.1. The van der Waals surface area contributed by atoms with E-state index in [0.29, 0.717) is 6.04 Å². The number of likely N-dealkylation sites (tertiary alicyclic amines) is 1. The number of rotatable bonds is 5. The average Bonchev–Trinajstić information content (AvgIpc) is 2.80. The molecular formula is C15H26N2S. The fraction of sp³-hybridized carbons (Fsp3) is 0.733. The highest BCUT2D eigenvalue weighted by Crippen LogP contribution is 2.21. The Kier molecular flexibility index (Phi) is 5.22. The average molecular weight is 266 g/mol. The van der Waals surface area contributed by atoms with Crippen LogP contribution in [0, 0.1) is 11.8 Å². The normalized spacial score (nSPS) is 27.3. The molecule has 0 amide bonds. The van der Waals surface area contributed by atoms with Crippen LogP contribution in [0.15, 0.2) is 17.5 Å². The van der Waals surface area contributed by atoms with Crippen molar-refractivity contribution in [2.45, 2.75) is 33.2 Å². The van der Waals surface area contributed by atoms with Crippen LogP contribution in [-0.4, -0.2) is 31.1 Å². The van der Waals surface area contributed by atoms with Gasteiger partial charge in [0, 0.05) is 37.1 Å². The molecule has 0 spiro atoms. The number of hydrogen-bond acceptors (Lipinski definition) is 3. The molecule has 1 saturated heterocycles. The van der Waals surface area contributed by atoms with E-state index in [1.165, 1.54) is 30.9 Å². The second-order valence-electron chi connectivity index (χ2n) is 5.90. The molecule has 1 aliphatic heterocycles. The first-order chi connectivity index (χ1) is 8.65. The number of piperidine rings is 1. The van der Waals surface area contributed by atoms with Crippen LogP contribution in [0.3, 0.4) is 0 Å². The predicted octanol–water partition coefficient (Wildman–Crippen LogP) is 3.38. The first-order valence-electron chi connectivity index (χ1n) is 7.14. The van der Waals surface area contributed by atoms with Crippen molar-refractivity contribution in [1.82, 2.24) is 10.2 Å². The van der Waals surface area contributed by atoms with Gasteiger partial charge in [0.05, 0.1) is 0 Å². The van der Waals surface area contributed by atoms with E-state index < -0.39 is 0 Å². The van der Waals surface area contributed by atoms with Crippen molar-refractivity contribution in [1.29, 1.82) is 0 Å². The summed E-state index contributed by atoms with van der Waals surface area (Å²) in [6, 6.07) is 4.84. The van der Waals surface area contributed by atoms with Crippen LogP contribution in [0.1, 0.15) is 38.1 Å². The third kappa shape index (κ3) is 4.08. The van der Waals surface area contributed by atoms with Crippen LogP contribution < -0.4 is 5.32 Å². The molecule has 2 rings (SSSR count). The fourth-order valence-electron chi connectivity index (χ4n) is 3.05. The van der Waals surface area contributed by atoms with Gasteiger partial charge < -0.3 is 10.2 Å². The van der Waals surface area contributed by atoms with Crippen LogP contribution in [0.4, 0.5) is 0 Å². The van der Waals surface area contributed by atoms with Gasteiger partial charge in [-0.3, -0.25) is 0 Å². The van der Waals surface area contributed by atoms with Crippen LogP contribution in [0.25, 0.3) is 0 Å². The van der Waals surface area contributed by atoms with Gasteiger partial charge in [0.1, 0.15) is 0 Å². The van der Waals surface area contributed by atoms with E-state index in [4.69, 9.17) is 0 Å². The summed E-state index contributed by atoms with van der Waals surface area (Å²) in [6.07, 6.45) is 1.40. The Labute approximate surface area is 115 Å². The summed E-state index contributed by atoms with van der Waals surface area (Å²) in [5, 5.41) is 5.78. The van der Waals surface area contributed by atoms with E-state index in [-0.39, 0.29) is 0 Å². The van der Waals surface area contributed by atoms with Gasteiger partial charge in [-0.15, -0.1) is 11.3 Å². The lowest BCUT2D eigenvalue weighted by Crippen LogP contribution is -2.42. The molecule has 1 fully saturated rings. The summed E-state index contributed by atoms with van der Waals surface area (Å²) in [6.45, 7) is 11.9. The molecule has 102 valence electrons. The molecule has 1 N–H and O–H groups in total. The molecule has 1 aromatic rings. The van der Waals surface area contributed by atoms with Crippen LogP contribution in [0.5, 0.6) is 0 Å². The summed E-state index contributed by atoms with van der Waals surface area (Å²) >= 11 is 1.84. The Morgan fingerprint density at radius 3 is 2.72 bits per heavy atom.